The number of nitrogens with one attached hydrogen (secondary N) is 1. The van der Waals surface area contributed by atoms with E-state index in [0.29, 0.717) is 46.6 Å². The highest BCUT2D eigenvalue weighted by Crippen LogP contribution is 2.37. The first kappa shape index (κ1) is 33.3. The van der Waals surface area contributed by atoms with E-state index in [1.807, 2.05) is 13.8 Å². The van der Waals surface area contributed by atoms with Crippen LogP contribution >= 0.6 is 0 Å². The molecule has 5 rings (SSSR count). The highest BCUT2D eigenvalue weighted by Gasteiger charge is 2.39. The van der Waals surface area contributed by atoms with Crippen molar-refractivity contribution in [2.45, 2.75) is 62.6 Å². The molecular weight excluding hydrogens is 588 g/mol. The van der Waals surface area contributed by atoms with Crippen LogP contribution in [0.15, 0.2) is 59.6 Å². The van der Waals surface area contributed by atoms with Gasteiger partial charge in [-0.25, -0.2) is 13.4 Å². The zero-order valence-electron chi connectivity index (χ0n) is 27.3. The fourth-order valence-corrected chi connectivity index (χ4v) is 8.99. The van der Waals surface area contributed by atoms with E-state index < -0.39 is 10.0 Å². The minimum atomic E-state index is -3.69. The van der Waals surface area contributed by atoms with Crippen molar-refractivity contribution in [3.8, 4) is 11.6 Å². The Morgan fingerprint density at radius 3 is 2.42 bits per heavy atom. The third-order valence-corrected chi connectivity index (χ3v) is 11.7. The smallest absolute Gasteiger partial charge is 0.243 e. The van der Waals surface area contributed by atoms with Crippen LogP contribution in [0.1, 0.15) is 48.2 Å². The third-order valence-electron chi connectivity index (χ3n) is 9.40. The number of rotatable bonds is 13. The van der Waals surface area contributed by atoms with Crippen molar-refractivity contribution in [2.24, 2.45) is 0 Å². The zero-order valence-corrected chi connectivity index (χ0v) is 28.1. The molecule has 1 N–H and O–H groups in total. The summed E-state index contributed by atoms with van der Waals surface area (Å²) < 4.78 is 40.4. The van der Waals surface area contributed by atoms with Gasteiger partial charge >= 0.3 is 0 Å². The molecule has 3 heterocycles. The van der Waals surface area contributed by atoms with Gasteiger partial charge in [0.05, 0.1) is 24.6 Å². The molecule has 2 fully saturated rings. The maximum absolute atomic E-state index is 13.7. The minimum Gasteiger partial charge on any atom is -0.497 e. The summed E-state index contributed by atoms with van der Waals surface area (Å²) in [7, 11) is 2.28. The largest absolute Gasteiger partial charge is 0.497 e. The monoisotopic (exact) mass is 636 g/mol. The Balaban J connectivity index is 1.10. The zero-order chi connectivity index (χ0) is 32.0. The number of nitrogens with zero attached hydrogens (tertiary/aromatic N) is 5. The van der Waals surface area contributed by atoms with E-state index in [0.717, 1.165) is 51.9 Å². The van der Waals surface area contributed by atoms with Gasteiger partial charge in [0.1, 0.15) is 18.2 Å². The van der Waals surface area contributed by atoms with Crippen LogP contribution < -0.4 is 14.8 Å². The van der Waals surface area contributed by atoms with Gasteiger partial charge in [0.2, 0.25) is 15.9 Å². The van der Waals surface area contributed by atoms with Crippen LogP contribution in [0.25, 0.3) is 0 Å². The predicted molar refractivity (Wildman–Crippen MR) is 176 cm³/mol. The standard InChI is InChI=1S/C34H48N6O4S/c1-26-22-30(43-5)23-27(2)33(26)45(41,42)40-18-9-12-29(40)25-44-32-13-16-36-31(37-32)24-35-17-21-39-19-14-34(15-20-39,38(3)4)28-10-7-6-8-11-28/h6-8,10-11,13,16,22-23,29,35H,9,12,14-15,17-21,24-25H2,1-5H3/t29-/m0/s1. The molecule has 1 aromatic heterocycles. The number of piperidine rings is 1. The number of methoxy groups -OCH3 is 1. The van der Waals surface area contributed by atoms with Crippen LogP contribution in [-0.2, 0) is 22.1 Å². The second-order valence-corrected chi connectivity index (χ2v) is 14.3. The van der Waals surface area contributed by atoms with Gasteiger partial charge in [-0.3, -0.25) is 4.90 Å². The van der Waals surface area contributed by atoms with Crippen molar-refractivity contribution >= 4 is 10.0 Å². The van der Waals surface area contributed by atoms with Gasteiger partial charge in [-0.1, -0.05) is 30.3 Å². The van der Waals surface area contributed by atoms with Gasteiger partial charge in [-0.2, -0.15) is 9.29 Å². The number of aromatic nitrogens is 2. The quantitative estimate of drug-likeness (QED) is 0.280. The maximum Gasteiger partial charge on any atom is 0.243 e. The Morgan fingerprint density at radius 2 is 1.76 bits per heavy atom. The summed E-state index contributed by atoms with van der Waals surface area (Å²) in [6.07, 6.45) is 5.43. The maximum atomic E-state index is 13.7. The predicted octanol–water partition coefficient (Wildman–Crippen LogP) is 3.98. The Hall–Kier alpha value is -3.09. The number of likely N-dealkylation sites (tertiary alicyclic amines) is 1. The molecule has 45 heavy (non-hydrogen) atoms. The Morgan fingerprint density at radius 1 is 1.04 bits per heavy atom. The number of benzene rings is 2. The molecule has 2 aliphatic rings. The van der Waals surface area contributed by atoms with Gasteiger partial charge in [0.15, 0.2) is 0 Å². The molecule has 0 unspecified atom stereocenters. The SMILES string of the molecule is COc1cc(C)c(S(=O)(=O)N2CCC[C@H]2COc2ccnc(CNCCN3CCC(c4ccccc4)(N(C)C)CC3)n2)c(C)c1. The first-order valence-electron chi connectivity index (χ1n) is 15.9. The average molecular weight is 637 g/mol. The normalized spacial score (nSPS) is 19.2. The van der Waals surface area contributed by atoms with Gasteiger partial charge in [-0.05, 0) is 82.4 Å². The molecule has 2 aromatic carbocycles. The number of hydrogen-bond acceptors (Lipinski definition) is 9. The van der Waals surface area contributed by atoms with Gasteiger partial charge < -0.3 is 19.7 Å². The van der Waals surface area contributed by atoms with E-state index in [-0.39, 0.29) is 18.2 Å². The summed E-state index contributed by atoms with van der Waals surface area (Å²) in [6.45, 7) is 8.80. The van der Waals surface area contributed by atoms with Gasteiger partial charge in [0.25, 0.3) is 0 Å². The van der Waals surface area contributed by atoms with Gasteiger partial charge in [0, 0.05) is 50.5 Å². The molecule has 2 saturated heterocycles. The van der Waals surface area contributed by atoms with E-state index in [1.165, 1.54) is 5.56 Å². The molecule has 0 spiro atoms. The first-order valence-corrected chi connectivity index (χ1v) is 17.4. The van der Waals surface area contributed by atoms with Crippen molar-refractivity contribution in [3.05, 3.63) is 77.2 Å². The molecular formula is C34H48N6O4S. The van der Waals surface area contributed by atoms with Crippen LogP contribution in [0.5, 0.6) is 11.6 Å². The van der Waals surface area contributed by atoms with E-state index in [2.05, 4.69) is 69.5 Å². The summed E-state index contributed by atoms with van der Waals surface area (Å²) in [6, 6.07) is 15.9. The summed E-state index contributed by atoms with van der Waals surface area (Å²) in [5.74, 6) is 1.77. The number of sulfonamides is 1. The Kier molecular flexibility index (Phi) is 10.8. The fourth-order valence-electron chi connectivity index (χ4n) is 6.90. The summed E-state index contributed by atoms with van der Waals surface area (Å²) in [5, 5.41) is 3.48. The number of aryl methyl sites for hydroxylation is 2. The minimum absolute atomic E-state index is 0.0900. The summed E-state index contributed by atoms with van der Waals surface area (Å²) in [5.41, 5.74) is 2.85. The second kappa shape index (κ2) is 14.6. The van der Waals surface area contributed by atoms with Crippen molar-refractivity contribution in [2.75, 3.05) is 60.5 Å². The Labute approximate surface area is 268 Å². The second-order valence-electron chi connectivity index (χ2n) is 12.4. The molecule has 0 amide bonds. The number of hydrogen-bond donors (Lipinski definition) is 1. The van der Waals surface area contributed by atoms with Crippen molar-refractivity contribution in [1.82, 2.24) is 29.4 Å². The molecule has 0 bridgehead atoms. The lowest BCUT2D eigenvalue weighted by atomic mass is 9.80. The third kappa shape index (κ3) is 7.49. The number of ether oxygens (including phenoxy) is 2. The lowest BCUT2D eigenvalue weighted by Gasteiger charge is -2.46. The highest BCUT2D eigenvalue weighted by atomic mass is 32.2. The summed E-state index contributed by atoms with van der Waals surface area (Å²) in [4.78, 5) is 14.3. The summed E-state index contributed by atoms with van der Waals surface area (Å²) >= 11 is 0. The van der Waals surface area contributed by atoms with Crippen LogP contribution in [0.3, 0.4) is 0 Å². The van der Waals surface area contributed by atoms with Crippen LogP contribution in [-0.4, -0.2) is 99.1 Å². The molecule has 10 nitrogen and oxygen atoms in total. The van der Waals surface area contributed by atoms with Crippen molar-refractivity contribution in [3.63, 3.8) is 0 Å². The van der Waals surface area contributed by atoms with Crippen LogP contribution in [0.4, 0.5) is 0 Å². The molecule has 0 aliphatic carbocycles. The van der Waals surface area contributed by atoms with E-state index >= 15 is 0 Å². The molecule has 3 aromatic rings. The van der Waals surface area contributed by atoms with Crippen LogP contribution in [0.2, 0.25) is 0 Å². The van der Waals surface area contributed by atoms with Crippen molar-refractivity contribution in [1.29, 1.82) is 0 Å². The lowest BCUT2D eigenvalue weighted by molar-refractivity contribution is 0.0543. The average Bonchev–Trinajstić information content (AvgIpc) is 3.52. The molecule has 0 radical (unpaired) electrons. The topological polar surface area (TPSA) is 100 Å². The fraction of sp³-hybridized carbons (Fsp3) is 0.529. The van der Waals surface area contributed by atoms with Crippen molar-refractivity contribution < 1.29 is 17.9 Å². The molecule has 1 atom stereocenters. The first-order chi connectivity index (χ1) is 21.6. The molecule has 11 heteroatoms. The van der Waals surface area contributed by atoms with Crippen LogP contribution in [0, 0.1) is 13.8 Å². The molecule has 0 saturated carbocycles. The lowest BCUT2D eigenvalue weighted by Crippen LogP contribution is -2.51. The van der Waals surface area contributed by atoms with E-state index in [9.17, 15) is 8.42 Å². The van der Waals surface area contributed by atoms with E-state index in [1.54, 1.807) is 35.8 Å². The van der Waals surface area contributed by atoms with E-state index in [4.69, 9.17) is 9.47 Å². The molecule has 2 aliphatic heterocycles. The molecule has 244 valence electrons. The van der Waals surface area contributed by atoms with Gasteiger partial charge in [-0.15, -0.1) is 0 Å². The Bertz CT molecular complexity index is 1500. The highest BCUT2D eigenvalue weighted by molar-refractivity contribution is 7.89.